The Labute approximate surface area is 89.9 Å². The van der Waals surface area contributed by atoms with Crippen LogP contribution < -0.4 is 5.73 Å². The Morgan fingerprint density at radius 1 is 1.53 bits per heavy atom. The third kappa shape index (κ3) is 2.33. The van der Waals surface area contributed by atoms with E-state index in [1.165, 1.54) is 5.56 Å². The van der Waals surface area contributed by atoms with Gasteiger partial charge in [-0.25, -0.2) is 9.97 Å². The molecular formula is C11H17N3O. The van der Waals surface area contributed by atoms with Gasteiger partial charge in [-0.1, -0.05) is 6.92 Å². The maximum Gasteiger partial charge on any atom is 0.115 e. The van der Waals surface area contributed by atoms with Crippen molar-refractivity contribution in [3.8, 4) is 0 Å². The second-order valence-corrected chi connectivity index (χ2v) is 4.09. The summed E-state index contributed by atoms with van der Waals surface area (Å²) in [6.07, 6.45) is 3.48. The lowest BCUT2D eigenvalue weighted by atomic mass is 9.99. The lowest BCUT2D eigenvalue weighted by Crippen LogP contribution is -2.19. The normalized spacial score (nSPS) is 17.2. The topological polar surface area (TPSA) is 61.0 Å². The summed E-state index contributed by atoms with van der Waals surface area (Å²) in [5, 5.41) is 0. The van der Waals surface area contributed by atoms with Crippen LogP contribution in [0.15, 0.2) is 6.33 Å². The molecule has 2 rings (SSSR count). The van der Waals surface area contributed by atoms with Gasteiger partial charge in [0.05, 0.1) is 18.9 Å². The molecule has 1 aromatic heterocycles. The number of ether oxygens (including phenoxy) is 1. The molecule has 1 aromatic rings. The van der Waals surface area contributed by atoms with Crippen LogP contribution in [0.4, 0.5) is 0 Å². The summed E-state index contributed by atoms with van der Waals surface area (Å²) < 4.78 is 5.44. The van der Waals surface area contributed by atoms with Crippen LogP contribution in [0.2, 0.25) is 0 Å². The number of aromatic nitrogens is 2. The van der Waals surface area contributed by atoms with Crippen molar-refractivity contribution in [3.05, 3.63) is 23.3 Å². The third-order valence-corrected chi connectivity index (χ3v) is 2.80. The quantitative estimate of drug-likeness (QED) is 0.792. The standard InChI is InChI=1S/C11H17N3O/c1-8(5-12)4-11-9-6-15-3-2-10(9)13-7-14-11/h7-8H,2-6,12H2,1H3. The van der Waals surface area contributed by atoms with E-state index in [1.54, 1.807) is 6.33 Å². The second kappa shape index (κ2) is 4.68. The molecule has 1 aliphatic heterocycles. The lowest BCUT2D eigenvalue weighted by Gasteiger charge is -2.19. The third-order valence-electron chi connectivity index (χ3n) is 2.80. The summed E-state index contributed by atoms with van der Waals surface area (Å²) in [4.78, 5) is 8.62. The van der Waals surface area contributed by atoms with E-state index in [2.05, 4.69) is 16.9 Å². The van der Waals surface area contributed by atoms with Gasteiger partial charge in [0.2, 0.25) is 0 Å². The van der Waals surface area contributed by atoms with Gasteiger partial charge in [0.15, 0.2) is 0 Å². The average molecular weight is 207 g/mol. The predicted octanol–water partition coefficient (Wildman–Crippen LogP) is 0.687. The molecule has 0 aromatic carbocycles. The van der Waals surface area contributed by atoms with Crippen LogP contribution in [-0.2, 0) is 24.2 Å². The molecule has 1 unspecified atom stereocenters. The van der Waals surface area contributed by atoms with E-state index < -0.39 is 0 Å². The molecule has 0 fully saturated rings. The van der Waals surface area contributed by atoms with E-state index in [0.29, 0.717) is 19.1 Å². The van der Waals surface area contributed by atoms with Crippen molar-refractivity contribution in [2.24, 2.45) is 11.7 Å². The van der Waals surface area contributed by atoms with Crippen LogP contribution in [0.5, 0.6) is 0 Å². The second-order valence-electron chi connectivity index (χ2n) is 4.09. The summed E-state index contributed by atoms with van der Waals surface area (Å²) in [6.45, 7) is 4.26. The molecule has 4 nitrogen and oxygen atoms in total. The van der Waals surface area contributed by atoms with Gasteiger partial charge in [-0.2, -0.15) is 0 Å². The van der Waals surface area contributed by atoms with Gasteiger partial charge in [-0.05, 0) is 18.9 Å². The fraction of sp³-hybridized carbons (Fsp3) is 0.636. The molecule has 0 radical (unpaired) electrons. The molecule has 1 aliphatic rings. The maximum atomic E-state index is 5.62. The smallest absolute Gasteiger partial charge is 0.115 e. The highest BCUT2D eigenvalue weighted by molar-refractivity contribution is 5.26. The number of hydrogen-bond acceptors (Lipinski definition) is 4. The number of hydrogen-bond donors (Lipinski definition) is 1. The van der Waals surface area contributed by atoms with Crippen LogP contribution in [0.1, 0.15) is 23.9 Å². The summed E-state index contributed by atoms with van der Waals surface area (Å²) >= 11 is 0. The highest BCUT2D eigenvalue weighted by Crippen LogP contribution is 2.19. The minimum absolute atomic E-state index is 0.464. The summed E-state index contributed by atoms with van der Waals surface area (Å²) in [6, 6.07) is 0. The van der Waals surface area contributed by atoms with Crippen LogP contribution in [0, 0.1) is 5.92 Å². The van der Waals surface area contributed by atoms with E-state index in [0.717, 1.165) is 30.8 Å². The Bertz CT molecular complexity index is 341. The Hall–Kier alpha value is -1.00. The molecule has 15 heavy (non-hydrogen) atoms. The van der Waals surface area contributed by atoms with Crippen LogP contribution in [-0.4, -0.2) is 23.1 Å². The molecule has 0 amide bonds. The molecular weight excluding hydrogens is 190 g/mol. The zero-order valence-electron chi connectivity index (χ0n) is 9.07. The van der Waals surface area contributed by atoms with Gasteiger partial charge in [0, 0.05) is 17.7 Å². The Kier molecular flexibility index (Phi) is 3.28. The molecule has 4 heteroatoms. The van der Waals surface area contributed by atoms with Crippen molar-refractivity contribution >= 4 is 0 Å². The van der Waals surface area contributed by atoms with Crippen LogP contribution in [0.25, 0.3) is 0 Å². The summed E-state index contributed by atoms with van der Waals surface area (Å²) in [7, 11) is 0. The van der Waals surface area contributed by atoms with Crippen molar-refractivity contribution < 1.29 is 4.74 Å². The van der Waals surface area contributed by atoms with E-state index in [-0.39, 0.29) is 0 Å². The predicted molar refractivity (Wildman–Crippen MR) is 57.3 cm³/mol. The van der Waals surface area contributed by atoms with E-state index in [9.17, 15) is 0 Å². The monoisotopic (exact) mass is 207 g/mol. The molecule has 0 spiro atoms. The molecule has 82 valence electrons. The Balaban J connectivity index is 2.23. The molecule has 0 aliphatic carbocycles. The zero-order valence-corrected chi connectivity index (χ0v) is 9.07. The van der Waals surface area contributed by atoms with Gasteiger partial charge in [-0.15, -0.1) is 0 Å². The largest absolute Gasteiger partial charge is 0.376 e. The molecule has 0 saturated carbocycles. The Morgan fingerprint density at radius 2 is 2.40 bits per heavy atom. The first kappa shape index (κ1) is 10.5. The van der Waals surface area contributed by atoms with Crippen molar-refractivity contribution in [3.63, 3.8) is 0 Å². The molecule has 2 heterocycles. The van der Waals surface area contributed by atoms with E-state index in [4.69, 9.17) is 10.5 Å². The first-order valence-electron chi connectivity index (χ1n) is 5.40. The van der Waals surface area contributed by atoms with Gasteiger partial charge < -0.3 is 10.5 Å². The Morgan fingerprint density at radius 3 is 3.20 bits per heavy atom. The highest BCUT2D eigenvalue weighted by atomic mass is 16.5. The first-order chi connectivity index (χ1) is 7.31. The van der Waals surface area contributed by atoms with Gasteiger partial charge >= 0.3 is 0 Å². The molecule has 1 atom stereocenters. The number of nitrogens with zero attached hydrogens (tertiary/aromatic N) is 2. The van der Waals surface area contributed by atoms with Gasteiger partial charge in [-0.3, -0.25) is 0 Å². The van der Waals surface area contributed by atoms with Crippen LogP contribution in [0.3, 0.4) is 0 Å². The summed E-state index contributed by atoms with van der Waals surface area (Å²) in [5.41, 5.74) is 9.06. The first-order valence-corrected chi connectivity index (χ1v) is 5.40. The fourth-order valence-corrected chi connectivity index (χ4v) is 1.81. The van der Waals surface area contributed by atoms with Crippen molar-refractivity contribution in [1.29, 1.82) is 0 Å². The highest BCUT2D eigenvalue weighted by Gasteiger charge is 2.16. The van der Waals surface area contributed by atoms with Gasteiger partial charge in [0.1, 0.15) is 6.33 Å². The van der Waals surface area contributed by atoms with Crippen molar-refractivity contribution in [1.82, 2.24) is 9.97 Å². The number of fused-ring (bicyclic) bond motifs is 1. The average Bonchev–Trinajstić information content (AvgIpc) is 2.29. The number of nitrogens with two attached hydrogens (primary N) is 1. The summed E-state index contributed by atoms with van der Waals surface area (Å²) in [5.74, 6) is 0.464. The zero-order chi connectivity index (χ0) is 10.7. The maximum absolute atomic E-state index is 5.62. The van der Waals surface area contributed by atoms with Crippen molar-refractivity contribution in [2.75, 3.05) is 13.2 Å². The minimum Gasteiger partial charge on any atom is -0.376 e. The van der Waals surface area contributed by atoms with Crippen LogP contribution >= 0.6 is 0 Å². The fourth-order valence-electron chi connectivity index (χ4n) is 1.81. The minimum atomic E-state index is 0.464. The molecule has 2 N–H and O–H groups in total. The lowest BCUT2D eigenvalue weighted by molar-refractivity contribution is 0.108. The van der Waals surface area contributed by atoms with Gasteiger partial charge in [0.25, 0.3) is 0 Å². The van der Waals surface area contributed by atoms with E-state index >= 15 is 0 Å². The molecule has 0 saturated heterocycles. The SMILES string of the molecule is CC(CN)Cc1ncnc2c1COCC2. The van der Waals surface area contributed by atoms with E-state index in [1.807, 2.05) is 0 Å². The number of rotatable bonds is 3. The molecule has 0 bridgehead atoms. The van der Waals surface area contributed by atoms with Crippen molar-refractivity contribution in [2.45, 2.75) is 26.4 Å².